The fraction of sp³-hybridized carbons (Fsp3) is 0.513. The summed E-state index contributed by atoms with van der Waals surface area (Å²) in [6.07, 6.45) is 9.10. The largest absolute Gasteiger partial charge is 0.469 e. The second-order valence-electron chi connectivity index (χ2n) is 14.7. The second kappa shape index (κ2) is 10.6. The highest BCUT2D eigenvalue weighted by molar-refractivity contribution is 5.88. The smallest absolute Gasteiger partial charge is 0.310 e. The van der Waals surface area contributed by atoms with E-state index in [1.807, 2.05) is 0 Å². The summed E-state index contributed by atoms with van der Waals surface area (Å²) < 4.78 is 5.47. The third-order valence-electron chi connectivity index (χ3n) is 12.8. The van der Waals surface area contributed by atoms with Crippen LogP contribution in [0.2, 0.25) is 0 Å². The minimum absolute atomic E-state index is 0.0453. The maximum atomic E-state index is 13.5. The lowest BCUT2D eigenvalue weighted by Crippen LogP contribution is -2.56. The number of hydrogen-bond acceptors (Lipinski definition) is 4. The molecule has 6 heterocycles. The lowest BCUT2D eigenvalue weighted by molar-refractivity contribution is -0.149. The lowest BCUT2D eigenvalue weighted by atomic mass is 9.65. The van der Waals surface area contributed by atoms with Crippen LogP contribution in [0, 0.1) is 23.7 Å². The summed E-state index contributed by atoms with van der Waals surface area (Å²) >= 11 is 0. The number of esters is 1. The number of ether oxygens (including phenoxy) is 1. The molecule has 6 aliphatic rings. The van der Waals surface area contributed by atoms with Gasteiger partial charge in [-0.15, -0.1) is 0 Å². The molecular formula is C39H46N4O2. The van der Waals surface area contributed by atoms with Crippen LogP contribution >= 0.6 is 0 Å². The molecule has 2 aliphatic carbocycles. The molecule has 4 aromatic rings. The van der Waals surface area contributed by atoms with Gasteiger partial charge in [0.25, 0.3) is 0 Å². The zero-order valence-corrected chi connectivity index (χ0v) is 26.9. The topological polar surface area (TPSA) is 73.2 Å². The minimum atomic E-state index is -0.208. The van der Waals surface area contributed by atoms with Gasteiger partial charge in [0.15, 0.2) is 0 Å². The van der Waals surface area contributed by atoms with E-state index in [4.69, 9.17) is 4.74 Å². The SMILES string of the molecule is C/C=C1/CN[C@H]2Cc3c([nH]c4ccccc34)C(c3ccc4c5c([nH]c4c3)[C@@H]3C[C@H]4C[C@H](CC)[C@@H]3N(CC5)C4)C[C@@H]1[C@@H]2C(=O)OC. The Hall–Kier alpha value is -3.35. The van der Waals surface area contributed by atoms with Crippen molar-refractivity contribution in [2.45, 2.75) is 76.3 Å². The van der Waals surface area contributed by atoms with E-state index < -0.39 is 0 Å². The molecule has 2 unspecified atom stereocenters. The molecular weight excluding hydrogens is 556 g/mol. The summed E-state index contributed by atoms with van der Waals surface area (Å²) in [4.78, 5) is 24.3. The Balaban J connectivity index is 1.19. The number of carbonyl (C=O) groups is 1. The molecule has 0 radical (unpaired) electrons. The van der Waals surface area contributed by atoms with Crippen LogP contribution in [0.15, 0.2) is 54.1 Å². The number of methoxy groups -OCH3 is 1. The van der Waals surface area contributed by atoms with Crippen molar-refractivity contribution in [3.05, 3.63) is 82.2 Å². The average molecular weight is 603 g/mol. The molecule has 6 bridgehead atoms. The van der Waals surface area contributed by atoms with Gasteiger partial charge in [-0.25, -0.2) is 0 Å². The first kappa shape index (κ1) is 27.9. The van der Waals surface area contributed by atoms with Gasteiger partial charge in [0.1, 0.15) is 0 Å². The first-order valence-electron chi connectivity index (χ1n) is 17.5. The maximum Gasteiger partial charge on any atom is 0.310 e. The van der Waals surface area contributed by atoms with Crippen molar-refractivity contribution in [1.29, 1.82) is 0 Å². The number of carbonyl (C=O) groups excluding carboxylic acids is 1. The number of piperidine rings is 3. The molecule has 3 N–H and O–H groups in total. The molecule has 4 aliphatic heterocycles. The van der Waals surface area contributed by atoms with Gasteiger partial charge in [-0.1, -0.05) is 55.3 Å². The van der Waals surface area contributed by atoms with Crippen LogP contribution in [0.3, 0.4) is 0 Å². The molecule has 45 heavy (non-hydrogen) atoms. The fourth-order valence-electron chi connectivity index (χ4n) is 10.9. The lowest BCUT2D eigenvalue weighted by Gasteiger charge is -2.53. The summed E-state index contributed by atoms with van der Waals surface area (Å²) in [5, 5.41) is 6.42. The molecule has 0 amide bonds. The summed E-state index contributed by atoms with van der Waals surface area (Å²) in [6, 6.07) is 16.7. The molecule has 6 nitrogen and oxygen atoms in total. The predicted molar refractivity (Wildman–Crippen MR) is 180 cm³/mol. The zero-order chi connectivity index (χ0) is 30.4. The fourth-order valence-corrected chi connectivity index (χ4v) is 10.9. The standard InChI is InChI=1S/C39H46N4O2/c1-4-22-14-21-15-31-36-27(12-13-43(20-21)38(22)31)26-11-10-24(16-33(26)42-36)29-17-28-23(5-2)19-40-34(35(28)39(44)45-3)18-30-25-8-6-7-9-32(25)41-37(29)30/h5-11,16,21-22,28-29,31,34-35,38,40-42H,4,12-15,17-20H2,1-3H3/b23-5-/t21-,22+,28+,29?,31+,34+,35+,38+/m1/s1. The number of para-hydroxylation sites is 1. The van der Waals surface area contributed by atoms with Crippen LogP contribution in [-0.2, 0) is 22.4 Å². The molecule has 2 aromatic heterocycles. The van der Waals surface area contributed by atoms with Crippen LogP contribution in [-0.4, -0.2) is 59.7 Å². The Bertz CT molecular complexity index is 1830. The van der Waals surface area contributed by atoms with Gasteiger partial charge in [-0.3, -0.25) is 9.69 Å². The van der Waals surface area contributed by atoms with E-state index in [2.05, 4.69) is 82.6 Å². The van der Waals surface area contributed by atoms with Gasteiger partial charge < -0.3 is 20.0 Å². The Labute approximate surface area is 266 Å². The Morgan fingerprint density at radius 2 is 1.84 bits per heavy atom. The number of aromatic nitrogens is 2. The molecule has 0 spiro atoms. The van der Waals surface area contributed by atoms with E-state index in [9.17, 15) is 4.79 Å². The van der Waals surface area contributed by atoms with Gasteiger partial charge in [0.05, 0.1) is 13.0 Å². The van der Waals surface area contributed by atoms with Crippen molar-refractivity contribution < 1.29 is 9.53 Å². The van der Waals surface area contributed by atoms with E-state index in [1.165, 1.54) is 82.2 Å². The number of fused-ring (bicyclic) bond motifs is 9. The molecule has 9 atom stereocenters. The molecule has 3 saturated heterocycles. The van der Waals surface area contributed by atoms with Crippen molar-refractivity contribution >= 4 is 27.8 Å². The Kier molecular flexibility index (Phi) is 6.58. The third kappa shape index (κ3) is 4.17. The molecule has 6 heteroatoms. The quantitative estimate of drug-likeness (QED) is 0.178. The van der Waals surface area contributed by atoms with Crippen molar-refractivity contribution in [3.63, 3.8) is 0 Å². The highest BCUT2D eigenvalue weighted by Crippen LogP contribution is 2.52. The van der Waals surface area contributed by atoms with Crippen LogP contribution < -0.4 is 5.32 Å². The van der Waals surface area contributed by atoms with Crippen molar-refractivity contribution in [1.82, 2.24) is 20.2 Å². The normalized spacial score (nSPS) is 34.6. The molecule has 4 fully saturated rings. The number of nitrogens with zero attached hydrogens (tertiary/aromatic N) is 1. The number of rotatable bonds is 3. The highest BCUT2D eigenvalue weighted by Gasteiger charge is 2.49. The number of aromatic amines is 2. The zero-order valence-electron chi connectivity index (χ0n) is 26.9. The van der Waals surface area contributed by atoms with E-state index in [1.54, 1.807) is 12.7 Å². The first-order valence-corrected chi connectivity index (χ1v) is 17.5. The van der Waals surface area contributed by atoms with Crippen LogP contribution in [0.4, 0.5) is 0 Å². The number of H-pyrrole nitrogens is 2. The molecule has 1 saturated carbocycles. The van der Waals surface area contributed by atoms with Gasteiger partial charge in [0, 0.05) is 76.7 Å². The van der Waals surface area contributed by atoms with Crippen molar-refractivity contribution in [3.8, 4) is 0 Å². The maximum absolute atomic E-state index is 13.5. The summed E-state index contributed by atoms with van der Waals surface area (Å²) in [7, 11) is 1.55. The predicted octanol–water partition coefficient (Wildman–Crippen LogP) is 6.81. The van der Waals surface area contributed by atoms with Gasteiger partial charge >= 0.3 is 5.97 Å². The molecule has 2 aromatic carbocycles. The van der Waals surface area contributed by atoms with E-state index >= 15 is 0 Å². The number of allylic oxidation sites excluding steroid dienone is 1. The summed E-state index contributed by atoms with van der Waals surface area (Å²) in [5.41, 5.74) is 10.9. The Morgan fingerprint density at radius 3 is 2.69 bits per heavy atom. The van der Waals surface area contributed by atoms with Gasteiger partial charge in [-0.2, -0.15) is 0 Å². The average Bonchev–Trinajstić information content (AvgIpc) is 3.59. The summed E-state index contributed by atoms with van der Waals surface area (Å²) in [5.74, 6) is 2.26. The number of hydrogen-bond donors (Lipinski definition) is 3. The van der Waals surface area contributed by atoms with Crippen molar-refractivity contribution in [2.24, 2.45) is 23.7 Å². The minimum Gasteiger partial charge on any atom is -0.469 e. The third-order valence-corrected chi connectivity index (χ3v) is 12.8. The molecule has 10 rings (SSSR count). The Morgan fingerprint density at radius 1 is 1.00 bits per heavy atom. The number of nitrogens with one attached hydrogen (secondary N) is 3. The number of benzene rings is 2. The monoisotopic (exact) mass is 602 g/mol. The van der Waals surface area contributed by atoms with Crippen LogP contribution in [0.25, 0.3) is 21.8 Å². The van der Waals surface area contributed by atoms with Crippen LogP contribution in [0.1, 0.15) is 79.4 Å². The van der Waals surface area contributed by atoms with Gasteiger partial charge in [-0.05, 0) is 85.6 Å². The molecule has 234 valence electrons. The van der Waals surface area contributed by atoms with E-state index in [0.717, 1.165) is 37.6 Å². The van der Waals surface area contributed by atoms with E-state index in [0.29, 0.717) is 12.0 Å². The first-order chi connectivity index (χ1) is 22.1. The summed E-state index contributed by atoms with van der Waals surface area (Å²) in [6.45, 7) is 7.84. The van der Waals surface area contributed by atoms with Crippen molar-refractivity contribution in [2.75, 3.05) is 26.7 Å². The van der Waals surface area contributed by atoms with E-state index in [-0.39, 0.29) is 29.8 Å². The van der Waals surface area contributed by atoms with Gasteiger partial charge in [0.2, 0.25) is 0 Å². The highest BCUT2D eigenvalue weighted by atomic mass is 16.5. The van der Waals surface area contributed by atoms with Crippen LogP contribution in [0.5, 0.6) is 0 Å². The second-order valence-corrected chi connectivity index (χ2v) is 14.7.